The van der Waals surface area contributed by atoms with Gasteiger partial charge in [-0.3, -0.25) is 9.36 Å². The lowest BCUT2D eigenvalue weighted by molar-refractivity contribution is 0.376. The van der Waals surface area contributed by atoms with Crippen LogP contribution in [0.1, 0.15) is 47.2 Å². The number of benzene rings is 1. The van der Waals surface area contributed by atoms with Crippen LogP contribution in [0.2, 0.25) is 0 Å². The summed E-state index contributed by atoms with van der Waals surface area (Å²) >= 11 is 3.08. The highest BCUT2D eigenvalue weighted by molar-refractivity contribution is 7.99. The summed E-state index contributed by atoms with van der Waals surface area (Å²) in [7, 11) is 1.61. The lowest BCUT2D eigenvalue weighted by Gasteiger charge is -2.16. The molecule has 0 fully saturated rings. The third-order valence-corrected chi connectivity index (χ3v) is 7.68. The molecule has 3 aromatic heterocycles. The molecule has 160 valence electrons. The SMILES string of the molecule is COc1ccccc1-n1c(SC(C)c2nc(C)no2)nc2sc3c(c2c1=O)CCCC3. The highest BCUT2D eigenvalue weighted by Gasteiger charge is 2.26. The van der Waals surface area contributed by atoms with E-state index in [1.165, 1.54) is 22.2 Å². The summed E-state index contributed by atoms with van der Waals surface area (Å²) in [5.41, 5.74) is 1.80. The first-order valence-electron chi connectivity index (χ1n) is 10.2. The van der Waals surface area contributed by atoms with Crippen molar-refractivity contribution in [1.29, 1.82) is 0 Å². The second kappa shape index (κ2) is 8.12. The van der Waals surface area contributed by atoms with Crippen LogP contribution in [0.3, 0.4) is 0 Å². The standard InChI is InChI=1S/C22H22N4O3S2/c1-12(19-23-13(2)25-29-19)30-22-24-20-18(14-8-4-7-11-17(14)31-20)21(27)26(22)15-9-5-6-10-16(15)28-3/h5-6,9-10,12H,4,7-8,11H2,1-3H3. The van der Waals surface area contributed by atoms with Crippen molar-refractivity contribution in [2.45, 2.75) is 49.9 Å². The van der Waals surface area contributed by atoms with E-state index in [0.29, 0.717) is 28.3 Å². The van der Waals surface area contributed by atoms with Crippen LogP contribution in [-0.2, 0) is 12.8 Å². The number of para-hydroxylation sites is 2. The van der Waals surface area contributed by atoms with Crippen LogP contribution in [0.5, 0.6) is 5.75 Å². The van der Waals surface area contributed by atoms with Gasteiger partial charge in [-0.05, 0) is 57.2 Å². The molecule has 0 amide bonds. The summed E-state index contributed by atoms with van der Waals surface area (Å²) in [5, 5.41) is 5.06. The summed E-state index contributed by atoms with van der Waals surface area (Å²) in [4.78, 5) is 25.3. The van der Waals surface area contributed by atoms with Crippen molar-refractivity contribution in [3.8, 4) is 11.4 Å². The summed E-state index contributed by atoms with van der Waals surface area (Å²) < 4.78 is 12.6. The number of thiophene rings is 1. The topological polar surface area (TPSA) is 83.0 Å². The van der Waals surface area contributed by atoms with Crippen LogP contribution in [0.25, 0.3) is 15.9 Å². The van der Waals surface area contributed by atoms with Gasteiger partial charge in [0.2, 0.25) is 5.89 Å². The van der Waals surface area contributed by atoms with Crippen molar-refractivity contribution in [2.24, 2.45) is 0 Å². The average molecular weight is 455 g/mol. The van der Waals surface area contributed by atoms with Crippen LogP contribution in [0.15, 0.2) is 38.7 Å². The molecule has 0 bridgehead atoms. The molecule has 7 nitrogen and oxygen atoms in total. The van der Waals surface area contributed by atoms with Crippen LogP contribution >= 0.6 is 23.1 Å². The Bertz CT molecular complexity index is 1320. The van der Waals surface area contributed by atoms with Gasteiger partial charge in [0.05, 0.1) is 23.4 Å². The summed E-state index contributed by atoms with van der Waals surface area (Å²) in [6.45, 7) is 3.76. The summed E-state index contributed by atoms with van der Waals surface area (Å²) in [6.07, 6.45) is 4.22. The van der Waals surface area contributed by atoms with E-state index in [2.05, 4.69) is 10.1 Å². The maximum Gasteiger partial charge on any atom is 0.267 e. The van der Waals surface area contributed by atoms with Crippen molar-refractivity contribution >= 4 is 33.3 Å². The smallest absolute Gasteiger partial charge is 0.267 e. The lowest BCUT2D eigenvalue weighted by atomic mass is 9.97. The van der Waals surface area contributed by atoms with Gasteiger partial charge >= 0.3 is 0 Å². The molecule has 1 aliphatic rings. The quantitative estimate of drug-likeness (QED) is 0.314. The molecule has 0 spiro atoms. The van der Waals surface area contributed by atoms with Gasteiger partial charge in [-0.2, -0.15) is 4.98 Å². The van der Waals surface area contributed by atoms with E-state index in [1.807, 2.05) is 31.2 Å². The van der Waals surface area contributed by atoms with Gasteiger partial charge in [0, 0.05) is 4.88 Å². The number of aryl methyl sites for hydroxylation is 3. The van der Waals surface area contributed by atoms with Crippen LogP contribution in [0.4, 0.5) is 0 Å². The van der Waals surface area contributed by atoms with E-state index in [9.17, 15) is 4.79 Å². The molecule has 0 aliphatic heterocycles. The molecule has 0 N–H and O–H groups in total. The summed E-state index contributed by atoms with van der Waals surface area (Å²) in [5.74, 6) is 1.71. The largest absolute Gasteiger partial charge is 0.495 e. The van der Waals surface area contributed by atoms with Gasteiger partial charge < -0.3 is 9.26 Å². The number of aromatic nitrogens is 4. The Balaban J connectivity index is 1.73. The zero-order valence-electron chi connectivity index (χ0n) is 17.5. The van der Waals surface area contributed by atoms with Crippen molar-refractivity contribution < 1.29 is 9.26 Å². The molecule has 3 heterocycles. The Morgan fingerprint density at radius 3 is 2.81 bits per heavy atom. The number of hydrogen-bond donors (Lipinski definition) is 0. The minimum atomic E-state index is -0.166. The Morgan fingerprint density at radius 2 is 2.03 bits per heavy atom. The number of methoxy groups -OCH3 is 1. The molecular formula is C22H22N4O3S2. The Hall–Kier alpha value is -2.65. The Labute approximate surface area is 187 Å². The van der Waals surface area contributed by atoms with Crippen molar-refractivity contribution in [3.05, 3.63) is 56.8 Å². The maximum absolute atomic E-state index is 13.9. The zero-order chi connectivity index (χ0) is 21.5. The number of rotatable bonds is 5. The molecule has 5 rings (SSSR count). The first-order chi connectivity index (χ1) is 15.1. The molecule has 31 heavy (non-hydrogen) atoms. The molecule has 0 saturated heterocycles. The second-order valence-electron chi connectivity index (χ2n) is 7.54. The van der Waals surface area contributed by atoms with Gasteiger partial charge in [-0.25, -0.2) is 4.98 Å². The molecule has 0 saturated carbocycles. The van der Waals surface area contributed by atoms with Gasteiger partial charge in [-0.15, -0.1) is 11.3 Å². The number of nitrogens with zero attached hydrogens (tertiary/aromatic N) is 4. The molecule has 1 aliphatic carbocycles. The Kier molecular flexibility index (Phi) is 5.31. The monoisotopic (exact) mass is 454 g/mol. The molecule has 0 radical (unpaired) electrons. The number of thioether (sulfide) groups is 1. The van der Waals surface area contributed by atoms with E-state index in [1.54, 1.807) is 29.9 Å². The van der Waals surface area contributed by atoms with Gasteiger partial charge in [-0.1, -0.05) is 29.1 Å². The second-order valence-corrected chi connectivity index (χ2v) is 9.93. The summed E-state index contributed by atoms with van der Waals surface area (Å²) in [6, 6.07) is 7.53. The van der Waals surface area contributed by atoms with Gasteiger partial charge in [0.25, 0.3) is 5.56 Å². The van der Waals surface area contributed by atoms with Crippen molar-refractivity contribution in [3.63, 3.8) is 0 Å². The molecule has 1 unspecified atom stereocenters. The predicted molar refractivity (Wildman–Crippen MR) is 122 cm³/mol. The predicted octanol–water partition coefficient (Wildman–Crippen LogP) is 4.88. The first kappa shape index (κ1) is 20.3. The highest BCUT2D eigenvalue weighted by Crippen LogP contribution is 2.39. The average Bonchev–Trinajstić information content (AvgIpc) is 3.37. The van der Waals surface area contributed by atoms with Crippen LogP contribution in [-0.4, -0.2) is 26.8 Å². The zero-order valence-corrected chi connectivity index (χ0v) is 19.2. The third kappa shape index (κ3) is 3.55. The fourth-order valence-corrected chi connectivity index (χ4v) is 6.23. The fraction of sp³-hybridized carbons (Fsp3) is 0.364. The van der Waals surface area contributed by atoms with E-state index < -0.39 is 0 Å². The van der Waals surface area contributed by atoms with E-state index in [-0.39, 0.29) is 10.8 Å². The van der Waals surface area contributed by atoms with Crippen LogP contribution < -0.4 is 10.3 Å². The van der Waals surface area contributed by atoms with Crippen molar-refractivity contribution in [2.75, 3.05) is 7.11 Å². The maximum atomic E-state index is 13.9. The number of hydrogen-bond acceptors (Lipinski definition) is 8. The van der Waals surface area contributed by atoms with Crippen molar-refractivity contribution in [1.82, 2.24) is 19.7 Å². The molecular weight excluding hydrogens is 432 g/mol. The van der Waals surface area contributed by atoms with Crippen LogP contribution in [0, 0.1) is 6.92 Å². The third-order valence-electron chi connectivity index (χ3n) is 5.46. The van der Waals surface area contributed by atoms with Gasteiger partial charge in [0.1, 0.15) is 10.6 Å². The minimum Gasteiger partial charge on any atom is -0.495 e. The Morgan fingerprint density at radius 1 is 1.23 bits per heavy atom. The fourth-order valence-electron chi connectivity index (χ4n) is 3.98. The normalized spacial score (nSPS) is 14.5. The highest BCUT2D eigenvalue weighted by atomic mass is 32.2. The molecule has 1 aromatic carbocycles. The minimum absolute atomic E-state index is 0.0506. The lowest BCUT2D eigenvalue weighted by Crippen LogP contribution is -2.23. The van der Waals surface area contributed by atoms with E-state index in [4.69, 9.17) is 14.2 Å². The molecule has 4 aromatic rings. The number of fused-ring (bicyclic) bond motifs is 3. The molecule has 1 atom stereocenters. The van der Waals surface area contributed by atoms with Gasteiger partial charge in [0.15, 0.2) is 11.0 Å². The molecule has 9 heteroatoms. The number of ether oxygens (including phenoxy) is 1. The van der Waals surface area contributed by atoms with E-state index >= 15 is 0 Å². The first-order valence-corrected chi connectivity index (χ1v) is 11.9. The van der Waals surface area contributed by atoms with E-state index in [0.717, 1.165) is 35.9 Å².